The van der Waals surface area contributed by atoms with Gasteiger partial charge in [-0.3, -0.25) is 9.59 Å². The molecule has 2 aromatic carbocycles. The van der Waals surface area contributed by atoms with Crippen LogP contribution in [-0.2, 0) is 9.59 Å². The third-order valence-corrected chi connectivity index (χ3v) is 3.23. The van der Waals surface area contributed by atoms with Crippen LogP contribution in [0, 0.1) is 6.92 Å². The second-order valence-electron chi connectivity index (χ2n) is 4.57. The summed E-state index contributed by atoms with van der Waals surface area (Å²) in [6.07, 6.45) is 0. The SMILES string of the molecule is COc1ccccc1NC(=O)C(=O)Nc1ccc(Cl)cc1C. The first-order valence-electron chi connectivity index (χ1n) is 6.52. The van der Waals surface area contributed by atoms with Gasteiger partial charge >= 0.3 is 11.8 Å². The van der Waals surface area contributed by atoms with Crippen LogP contribution in [0.25, 0.3) is 0 Å². The van der Waals surface area contributed by atoms with Crippen LogP contribution < -0.4 is 15.4 Å². The molecule has 0 saturated carbocycles. The van der Waals surface area contributed by atoms with Gasteiger partial charge < -0.3 is 15.4 Å². The van der Waals surface area contributed by atoms with Gasteiger partial charge in [0.05, 0.1) is 12.8 Å². The minimum atomic E-state index is -0.779. The molecular weight excluding hydrogens is 304 g/mol. The fourth-order valence-corrected chi connectivity index (χ4v) is 2.10. The Balaban J connectivity index is 2.08. The molecule has 0 aliphatic carbocycles. The highest BCUT2D eigenvalue weighted by molar-refractivity contribution is 6.43. The zero-order valence-electron chi connectivity index (χ0n) is 12.1. The number of carbonyl (C=O) groups is 2. The van der Waals surface area contributed by atoms with Crippen molar-refractivity contribution in [1.29, 1.82) is 0 Å². The number of aryl methyl sites for hydroxylation is 1. The average Bonchev–Trinajstić information content (AvgIpc) is 2.50. The van der Waals surface area contributed by atoms with Crippen LogP contribution in [0.5, 0.6) is 5.75 Å². The minimum Gasteiger partial charge on any atom is -0.495 e. The number of methoxy groups -OCH3 is 1. The topological polar surface area (TPSA) is 67.4 Å². The van der Waals surface area contributed by atoms with E-state index in [0.717, 1.165) is 5.56 Å². The van der Waals surface area contributed by atoms with Crippen LogP contribution in [0.2, 0.25) is 5.02 Å². The van der Waals surface area contributed by atoms with Crippen LogP contribution in [-0.4, -0.2) is 18.9 Å². The fraction of sp³-hybridized carbons (Fsp3) is 0.125. The monoisotopic (exact) mass is 318 g/mol. The molecule has 0 heterocycles. The summed E-state index contributed by atoms with van der Waals surface area (Å²) in [4.78, 5) is 23.9. The molecule has 2 N–H and O–H groups in total. The van der Waals surface area contributed by atoms with E-state index in [9.17, 15) is 9.59 Å². The summed E-state index contributed by atoms with van der Waals surface area (Å²) in [5.74, 6) is -1.07. The number of anilines is 2. The van der Waals surface area contributed by atoms with Gasteiger partial charge in [-0.2, -0.15) is 0 Å². The third-order valence-electron chi connectivity index (χ3n) is 3.00. The summed E-state index contributed by atoms with van der Waals surface area (Å²) >= 11 is 5.85. The van der Waals surface area contributed by atoms with Crippen molar-refractivity contribution < 1.29 is 14.3 Å². The minimum absolute atomic E-state index is 0.429. The number of carbonyl (C=O) groups excluding carboxylic acids is 2. The molecule has 0 atom stereocenters. The van der Waals surface area contributed by atoms with E-state index in [1.807, 2.05) is 0 Å². The summed E-state index contributed by atoms with van der Waals surface area (Å²) < 4.78 is 5.12. The predicted molar refractivity (Wildman–Crippen MR) is 86.4 cm³/mol. The zero-order valence-corrected chi connectivity index (χ0v) is 12.9. The Hall–Kier alpha value is -2.53. The second kappa shape index (κ2) is 6.95. The first kappa shape index (κ1) is 15.9. The van der Waals surface area contributed by atoms with Crippen molar-refractivity contribution in [2.45, 2.75) is 6.92 Å². The lowest BCUT2D eigenvalue weighted by Gasteiger charge is -2.11. The average molecular weight is 319 g/mol. The van der Waals surface area contributed by atoms with Crippen LogP contribution >= 0.6 is 11.6 Å². The summed E-state index contributed by atoms with van der Waals surface area (Å²) in [7, 11) is 1.49. The molecule has 0 spiro atoms. The molecule has 114 valence electrons. The Bertz CT molecular complexity index is 716. The van der Waals surface area contributed by atoms with Gasteiger partial charge in [0.2, 0.25) is 0 Å². The number of halogens is 1. The highest BCUT2D eigenvalue weighted by Crippen LogP contribution is 2.23. The predicted octanol–water partition coefficient (Wildman–Crippen LogP) is 3.23. The molecule has 0 bridgehead atoms. The molecule has 0 aromatic heterocycles. The summed E-state index contributed by atoms with van der Waals surface area (Å²) in [6.45, 7) is 1.79. The van der Waals surface area contributed by atoms with Crippen molar-refractivity contribution in [3.05, 3.63) is 53.1 Å². The van der Waals surface area contributed by atoms with Gasteiger partial charge in [-0.1, -0.05) is 23.7 Å². The van der Waals surface area contributed by atoms with Crippen molar-refractivity contribution in [1.82, 2.24) is 0 Å². The smallest absolute Gasteiger partial charge is 0.314 e. The van der Waals surface area contributed by atoms with E-state index in [-0.39, 0.29) is 0 Å². The maximum Gasteiger partial charge on any atom is 0.314 e. The number of para-hydroxylation sites is 2. The largest absolute Gasteiger partial charge is 0.495 e. The maximum atomic E-state index is 12.0. The number of ether oxygens (including phenoxy) is 1. The Morgan fingerprint density at radius 2 is 1.64 bits per heavy atom. The van der Waals surface area contributed by atoms with Gasteiger partial charge in [-0.25, -0.2) is 0 Å². The first-order valence-corrected chi connectivity index (χ1v) is 6.90. The molecule has 5 nitrogen and oxygen atoms in total. The Morgan fingerprint density at radius 3 is 2.27 bits per heavy atom. The summed E-state index contributed by atoms with van der Waals surface area (Å²) in [5, 5.41) is 5.62. The molecule has 6 heteroatoms. The quantitative estimate of drug-likeness (QED) is 0.854. The Morgan fingerprint density at radius 1 is 1.00 bits per heavy atom. The van der Waals surface area contributed by atoms with E-state index in [1.165, 1.54) is 7.11 Å². The van der Waals surface area contributed by atoms with Crippen molar-refractivity contribution in [3.63, 3.8) is 0 Å². The van der Waals surface area contributed by atoms with Crippen LogP contribution in [0.4, 0.5) is 11.4 Å². The molecule has 0 unspecified atom stereocenters. The molecule has 0 aliphatic rings. The normalized spacial score (nSPS) is 9.95. The molecule has 0 aliphatic heterocycles. The standard InChI is InChI=1S/C16H15ClN2O3/c1-10-9-11(17)7-8-12(10)18-15(20)16(21)19-13-5-3-4-6-14(13)22-2/h3-9H,1-2H3,(H,18,20)(H,19,21). The van der Waals surface area contributed by atoms with Crippen LogP contribution in [0.15, 0.2) is 42.5 Å². The van der Waals surface area contributed by atoms with Crippen molar-refractivity contribution >= 4 is 34.8 Å². The molecule has 0 fully saturated rings. The summed E-state index contributed by atoms with van der Waals surface area (Å²) in [5.41, 5.74) is 1.73. The van der Waals surface area contributed by atoms with Crippen molar-refractivity contribution in [3.8, 4) is 5.75 Å². The third kappa shape index (κ3) is 3.77. The van der Waals surface area contributed by atoms with E-state index in [2.05, 4.69) is 10.6 Å². The molecular formula is C16H15ClN2O3. The molecule has 2 rings (SSSR count). The van der Waals surface area contributed by atoms with Crippen LogP contribution in [0.1, 0.15) is 5.56 Å². The highest BCUT2D eigenvalue weighted by atomic mass is 35.5. The second-order valence-corrected chi connectivity index (χ2v) is 5.00. The van der Waals surface area contributed by atoms with Gasteiger partial charge in [0.15, 0.2) is 0 Å². The lowest BCUT2D eigenvalue weighted by Crippen LogP contribution is -2.29. The summed E-state index contributed by atoms with van der Waals surface area (Å²) in [6, 6.07) is 11.8. The van der Waals surface area contributed by atoms with E-state index in [4.69, 9.17) is 16.3 Å². The number of benzene rings is 2. The molecule has 22 heavy (non-hydrogen) atoms. The number of hydrogen-bond acceptors (Lipinski definition) is 3. The number of amides is 2. The van der Waals surface area contributed by atoms with Gasteiger partial charge in [-0.15, -0.1) is 0 Å². The van der Waals surface area contributed by atoms with E-state index < -0.39 is 11.8 Å². The molecule has 2 amide bonds. The van der Waals surface area contributed by atoms with E-state index in [0.29, 0.717) is 22.1 Å². The van der Waals surface area contributed by atoms with E-state index >= 15 is 0 Å². The molecule has 2 aromatic rings. The van der Waals surface area contributed by atoms with Crippen molar-refractivity contribution in [2.75, 3.05) is 17.7 Å². The van der Waals surface area contributed by atoms with Gasteiger partial charge in [0, 0.05) is 10.7 Å². The fourth-order valence-electron chi connectivity index (χ4n) is 1.87. The van der Waals surface area contributed by atoms with E-state index in [1.54, 1.807) is 49.4 Å². The van der Waals surface area contributed by atoms with Crippen LogP contribution in [0.3, 0.4) is 0 Å². The van der Waals surface area contributed by atoms with Gasteiger partial charge in [0.1, 0.15) is 5.75 Å². The Labute approximate surface area is 133 Å². The molecule has 0 saturated heterocycles. The first-order chi connectivity index (χ1) is 10.5. The lowest BCUT2D eigenvalue weighted by molar-refractivity contribution is -0.133. The van der Waals surface area contributed by atoms with Gasteiger partial charge in [-0.05, 0) is 42.8 Å². The number of hydrogen-bond donors (Lipinski definition) is 2. The maximum absolute atomic E-state index is 12.0. The lowest BCUT2D eigenvalue weighted by atomic mass is 10.2. The molecule has 0 radical (unpaired) electrons. The number of nitrogens with one attached hydrogen (secondary N) is 2. The number of rotatable bonds is 3. The van der Waals surface area contributed by atoms with Gasteiger partial charge in [0.25, 0.3) is 0 Å². The highest BCUT2D eigenvalue weighted by Gasteiger charge is 2.16. The Kier molecular flexibility index (Phi) is 5.01. The van der Waals surface area contributed by atoms with Crippen molar-refractivity contribution in [2.24, 2.45) is 0 Å². The zero-order chi connectivity index (χ0) is 16.1.